The highest BCUT2D eigenvalue weighted by atomic mass is 19.4. The molecule has 0 bridgehead atoms. The fraction of sp³-hybridized carbons (Fsp3) is 0.571. The van der Waals surface area contributed by atoms with Gasteiger partial charge in [0, 0.05) is 49.1 Å². The second-order valence-electron chi connectivity index (χ2n) is 8.49. The number of fused-ring (bicyclic) bond motifs is 1. The molecule has 0 aliphatic carbocycles. The van der Waals surface area contributed by atoms with Gasteiger partial charge in [0.25, 0.3) is 5.91 Å². The van der Waals surface area contributed by atoms with Crippen LogP contribution in [0.2, 0.25) is 0 Å². The second-order valence-corrected chi connectivity index (χ2v) is 8.49. The van der Waals surface area contributed by atoms with Gasteiger partial charge in [0.1, 0.15) is 5.82 Å². The largest absolute Gasteiger partial charge is 0.410 e. The summed E-state index contributed by atoms with van der Waals surface area (Å²) in [5.41, 5.74) is 1.27. The first-order valence-electron chi connectivity index (χ1n) is 10.4. The van der Waals surface area contributed by atoms with Gasteiger partial charge in [0.15, 0.2) is 6.04 Å². The number of rotatable bonds is 3. The summed E-state index contributed by atoms with van der Waals surface area (Å²) in [6.07, 6.45) is 0.172. The van der Waals surface area contributed by atoms with Crippen LogP contribution in [0.3, 0.4) is 0 Å². The molecule has 0 radical (unpaired) electrons. The van der Waals surface area contributed by atoms with Gasteiger partial charge in [-0.25, -0.2) is 4.68 Å². The maximum absolute atomic E-state index is 13.7. The van der Waals surface area contributed by atoms with Gasteiger partial charge in [0.2, 0.25) is 0 Å². The monoisotopic (exact) mass is 421 g/mol. The molecule has 1 N–H and O–H groups in total. The van der Waals surface area contributed by atoms with E-state index in [-0.39, 0.29) is 30.2 Å². The number of nitrogens with zero attached hydrogens (tertiary/aromatic N) is 4. The van der Waals surface area contributed by atoms with Gasteiger partial charge >= 0.3 is 6.18 Å². The Bertz CT molecular complexity index is 888. The summed E-state index contributed by atoms with van der Waals surface area (Å²) in [5.74, 6) is 0.522. The van der Waals surface area contributed by atoms with E-state index in [0.29, 0.717) is 43.0 Å². The second kappa shape index (κ2) is 7.92. The van der Waals surface area contributed by atoms with Crippen molar-refractivity contribution in [3.63, 3.8) is 0 Å². The van der Waals surface area contributed by atoms with Crippen LogP contribution in [0.5, 0.6) is 0 Å². The van der Waals surface area contributed by atoms with Gasteiger partial charge in [-0.2, -0.15) is 18.3 Å². The molecule has 30 heavy (non-hydrogen) atoms. The average Bonchev–Trinajstić information content (AvgIpc) is 3.16. The number of hydrogen-bond donors (Lipinski definition) is 1. The smallest absolute Gasteiger partial charge is 0.367 e. The zero-order valence-corrected chi connectivity index (χ0v) is 17.1. The Morgan fingerprint density at radius 2 is 1.87 bits per heavy atom. The quantitative estimate of drug-likeness (QED) is 0.805. The topological polar surface area (TPSA) is 63.1 Å². The van der Waals surface area contributed by atoms with Gasteiger partial charge in [-0.1, -0.05) is 13.8 Å². The van der Waals surface area contributed by atoms with E-state index in [2.05, 4.69) is 15.4 Å². The van der Waals surface area contributed by atoms with Crippen molar-refractivity contribution in [1.82, 2.24) is 19.7 Å². The number of likely N-dealkylation sites (tertiary alicyclic amines) is 1. The molecule has 4 rings (SSSR count). The Morgan fingerprint density at radius 3 is 2.47 bits per heavy atom. The molecule has 0 unspecified atom stereocenters. The molecule has 9 heteroatoms. The Morgan fingerprint density at radius 1 is 1.20 bits per heavy atom. The number of nitrogens with one attached hydrogen (secondary N) is 1. The molecular weight excluding hydrogens is 395 g/mol. The molecular formula is C21H26F3N5O. The average molecular weight is 421 g/mol. The molecule has 1 amide bonds. The molecule has 6 nitrogen and oxygen atoms in total. The first kappa shape index (κ1) is 20.7. The molecule has 2 aromatic heterocycles. The van der Waals surface area contributed by atoms with Crippen LogP contribution in [0.15, 0.2) is 30.6 Å². The molecule has 4 heterocycles. The molecule has 0 saturated carbocycles. The van der Waals surface area contributed by atoms with Crippen LogP contribution in [0.4, 0.5) is 19.0 Å². The van der Waals surface area contributed by atoms with Crippen LogP contribution in [-0.2, 0) is 0 Å². The van der Waals surface area contributed by atoms with Crippen LogP contribution >= 0.6 is 0 Å². The molecule has 162 valence electrons. The molecule has 2 atom stereocenters. The number of alkyl halides is 3. The zero-order chi connectivity index (χ0) is 21.5. The lowest BCUT2D eigenvalue weighted by Gasteiger charge is -2.35. The van der Waals surface area contributed by atoms with E-state index in [4.69, 9.17) is 0 Å². The maximum Gasteiger partial charge on any atom is 0.410 e. The number of carbonyl (C=O) groups excluding carboxylic acids is 1. The van der Waals surface area contributed by atoms with E-state index >= 15 is 0 Å². The lowest BCUT2D eigenvalue weighted by molar-refractivity contribution is -0.174. The SMILES string of the molecule is CC(C)[C@@H]1C[C@H](C(F)(F)F)n2nc(C3CCN(C(=O)c4ccncc4)CC3)cc2N1. The highest BCUT2D eigenvalue weighted by molar-refractivity contribution is 5.94. The van der Waals surface area contributed by atoms with Gasteiger partial charge in [-0.3, -0.25) is 9.78 Å². The van der Waals surface area contributed by atoms with E-state index in [9.17, 15) is 18.0 Å². The van der Waals surface area contributed by atoms with Crippen LogP contribution in [0, 0.1) is 5.92 Å². The van der Waals surface area contributed by atoms with Gasteiger partial charge in [-0.05, 0) is 37.3 Å². The zero-order valence-electron chi connectivity index (χ0n) is 17.1. The number of halogens is 3. The summed E-state index contributed by atoms with van der Waals surface area (Å²) in [4.78, 5) is 18.3. The third kappa shape index (κ3) is 4.02. The minimum absolute atomic E-state index is 0.0197. The van der Waals surface area contributed by atoms with Crippen LogP contribution in [0.1, 0.15) is 61.1 Å². The van der Waals surface area contributed by atoms with Crippen LogP contribution in [0.25, 0.3) is 0 Å². The lowest BCUT2D eigenvalue weighted by atomic mass is 9.93. The minimum atomic E-state index is -4.34. The lowest BCUT2D eigenvalue weighted by Crippen LogP contribution is -2.41. The Labute approximate surface area is 173 Å². The summed E-state index contributed by atoms with van der Waals surface area (Å²) in [6, 6.07) is 3.28. The molecule has 2 aliphatic heterocycles. The van der Waals surface area contributed by atoms with Gasteiger partial charge in [-0.15, -0.1) is 0 Å². The molecule has 0 spiro atoms. The number of carbonyl (C=O) groups is 1. The fourth-order valence-electron chi connectivity index (χ4n) is 4.31. The van der Waals surface area contributed by atoms with Crippen LogP contribution in [-0.4, -0.2) is 50.9 Å². The number of piperidine rings is 1. The standard InChI is InChI=1S/C21H26F3N5O/c1-13(2)16-11-18(21(22,23)24)29-19(26-16)12-17(27-29)14-5-9-28(10-6-14)20(30)15-3-7-25-8-4-15/h3-4,7-8,12-14,16,18,26H,5-6,9-11H2,1-2H3/t16-,18+/m0/s1. The Hall–Kier alpha value is -2.58. The first-order chi connectivity index (χ1) is 14.2. The van der Waals surface area contributed by atoms with Crippen molar-refractivity contribution in [2.24, 2.45) is 5.92 Å². The number of anilines is 1. The van der Waals surface area contributed by atoms with E-state index in [0.717, 1.165) is 4.68 Å². The minimum Gasteiger partial charge on any atom is -0.367 e. The van der Waals surface area contributed by atoms with Crippen molar-refractivity contribution >= 4 is 11.7 Å². The normalized spacial score (nSPS) is 22.7. The van der Waals surface area contributed by atoms with E-state index in [1.165, 1.54) is 0 Å². The summed E-state index contributed by atoms with van der Waals surface area (Å²) in [6.45, 7) is 4.96. The summed E-state index contributed by atoms with van der Waals surface area (Å²) < 4.78 is 42.1. The van der Waals surface area contributed by atoms with E-state index < -0.39 is 12.2 Å². The third-order valence-electron chi connectivity index (χ3n) is 6.17. The molecule has 2 aromatic rings. The highest BCUT2D eigenvalue weighted by Gasteiger charge is 2.47. The van der Waals surface area contributed by atoms with Gasteiger partial charge < -0.3 is 10.2 Å². The fourth-order valence-corrected chi connectivity index (χ4v) is 4.31. The molecule has 1 fully saturated rings. The number of pyridine rings is 1. The van der Waals surface area contributed by atoms with Crippen molar-refractivity contribution in [2.75, 3.05) is 18.4 Å². The number of aromatic nitrogens is 3. The summed E-state index contributed by atoms with van der Waals surface area (Å²) in [5, 5.41) is 7.60. The molecule has 2 aliphatic rings. The maximum atomic E-state index is 13.7. The highest BCUT2D eigenvalue weighted by Crippen LogP contribution is 2.42. The van der Waals surface area contributed by atoms with Crippen LogP contribution < -0.4 is 5.32 Å². The van der Waals surface area contributed by atoms with Crippen molar-refractivity contribution < 1.29 is 18.0 Å². The third-order valence-corrected chi connectivity index (χ3v) is 6.17. The van der Waals surface area contributed by atoms with Crippen molar-refractivity contribution in [3.8, 4) is 0 Å². The molecule has 1 saturated heterocycles. The number of hydrogen-bond acceptors (Lipinski definition) is 4. The molecule has 0 aromatic carbocycles. The van der Waals surface area contributed by atoms with Crippen molar-refractivity contribution in [1.29, 1.82) is 0 Å². The van der Waals surface area contributed by atoms with E-state index in [1.54, 1.807) is 35.5 Å². The Kier molecular flexibility index (Phi) is 5.46. The predicted molar refractivity (Wildman–Crippen MR) is 106 cm³/mol. The number of amides is 1. The predicted octanol–water partition coefficient (Wildman–Crippen LogP) is 4.24. The Balaban J connectivity index is 1.48. The summed E-state index contributed by atoms with van der Waals surface area (Å²) >= 11 is 0. The van der Waals surface area contributed by atoms with Crippen molar-refractivity contribution in [3.05, 3.63) is 41.9 Å². The van der Waals surface area contributed by atoms with Gasteiger partial charge in [0.05, 0.1) is 5.69 Å². The summed E-state index contributed by atoms with van der Waals surface area (Å²) in [7, 11) is 0. The first-order valence-corrected chi connectivity index (χ1v) is 10.4. The van der Waals surface area contributed by atoms with Crippen molar-refractivity contribution in [2.45, 2.75) is 57.3 Å². The van der Waals surface area contributed by atoms with E-state index in [1.807, 2.05) is 13.8 Å².